The Bertz CT molecular complexity index is 811. The summed E-state index contributed by atoms with van der Waals surface area (Å²) >= 11 is 0. The van der Waals surface area contributed by atoms with E-state index in [4.69, 9.17) is 4.98 Å². The monoisotopic (exact) mass is 307 g/mol. The Morgan fingerprint density at radius 3 is 2.57 bits per heavy atom. The third-order valence-electron chi connectivity index (χ3n) is 3.98. The summed E-state index contributed by atoms with van der Waals surface area (Å²) in [7, 11) is 1.87. The van der Waals surface area contributed by atoms with Crippen LogP contribution in [0.2, 0.25) is 0 Å². The minimum atomic E-state index is 0.859. The number of nitrogens with one attached hydrogen (secondary N) is 1. The molecule has 5 heteroatoms. The van der Waals surface area contributed by atoms with E-state index in [1.165, 1.54) is 0 Å². The normalized spacial score (nSPS) is 10.7. The van der Waals surface area contributed by atoms with Crippen molar-refractivity contribution in [2.24, 2.45) is 0 Å². The topological polar surface area (TPSA) is 53.9 Å². The molecule has 0 aliphatic rings. The van der Waals surface area contributed by atoms with E-state index < -0.39 is 0 Å². The molecule has 1 N–H and O–H groups in total. The van der Waals surface area contributed by atoms with Crippen LogP contribution in [-0.2, 0) is 0 Å². The molecule has 0 amide bonds. The average molecular weight is 307 g/mol. The van der Waals surface area contributed by atoms with Gasteiger partial charge in [-0.2, -0.15) is 0 Å². The van der Waals surface area contributed by atoms with Crippen molar-refractivity contribution in [2.45, 2.75) is 13.8 Å². The largest absolute Gasteiger partial charge is 0.373 e. The first-order valence-electron chi connectivity index (χ1n) is 7.90. The van der Waals surface area contributed by atoms with Crippen LogP contribution in [0.5, 0.6) is 0 Å². The summed E-state index contributed by atoms with van der Waals surface area (Å²) in [6.45, 7) is 6.09. The predicted octanol–water partition coefficient (Wildman–Crippen LogP) is 3.58. The van der Waals surface area contributed by atoms with Crippen molar-refractivity contribution in [3.8, 4) is 11.3 Å². The third kappa shape index (κ3) is 3.08. The number of benzene rings is 1. The van der Waals surface area contributed by atoms with Gasteiger partial charge in [0.25, 0.3) is 0 Å². The lowest BCUT2D eigenvalue weighted by atomic mass is 10.1. The van der Waals surface area contributed by atoms with Gasteiger partial charge in [0.1, 0.15) is 11.6 Å². The van der Waals surface area contributed by atoms with E-state index in [1.54, 1.807) is 0 Å². The Labute approximate surface area is 136 Å². The van der Waals surface area contributed by atoms with Gasteiger partial charge in [0.05, 0.1) is 18.1 Å². The second kappa shape index (κ2) is 6.60. The molecule has 0 aliphatic carbocycles. The van der Waals surface area contributed by atoms with Crippen molar-refractivity contribution in [1.82, 2.24) is 15.0 Å². The molecular weight excluding hydrogens is 286 g/mol. The minimum Gasteiger partial charge on any atom is -0.373 e. The lowest BCUT2D eigenvalue weighted by molar-refractivity contribution is 0.841. The lowest BCUT2D eigenvalue weighted by Gasteiger charge is -2.19. The van der Waals surface area contributed by atoms with Gasteiger partial charge < -0.3 is 10.2 Å². The molecule has 0 bridgehead atoms. The number of nitrogens with zero attached hydrogens (tertiary/aromatic N) is 4. The van der Waals surface area contributed by atoms with Crippen LogP contribution in [0.3, 0.4) is 0 Å². The third-order valence-corrected chi connectivity index (χ3v) is 3.98. The highest BCUT2D eigenvalue weighted by Crippen LogP contribution is 2.25. The SMILES string of the molecule is CCN(CC)c1cncc(-c2ccc3cnc(NC)cc3c2)n1. The summed E-state index contributed by atoms with van der Waals surface area (Å²) < 4.78 is 0. The molecular formula is C18H21N5. The summed E-state index contributed by atoms with van der Waals surface area (Å²) in [6, 6.07) is 8.32. The van der Waals surface area contributed by atoms with Gasteiger partial charge in [-0.05, 0) is 31.4 Å². The second-order valence-electron chi connectivity index (χ2n) is 5.32. The average Bonchev–Trinajstić information content (AvgIpc) is 2.62. The maximum Gasteiger partial charge on any atom is 0.147 e. The number of hydrogen-bond acceptors (Lipinski definition) is 5. The summed E-state index contributed by atoms with van der Waals surface area (Å²) in [5, 5.41) is 5.32. The van der Waals surface area contributed by atoms with Crippen LogP contribution in [0.15, 0.2) is 42.9 Å². The first-order valence-corrected chi connectivity index (χ1v) is 7.90. The second-order valence-corrected chi connectivity index (χ2v) is 5.32. The van der Waals surface area contributed by atoms with Gasteiger partial charge >= 0.3 is 0 Å². The molecule has 0 spiro atoms. The quantitative estimate of drug-likeness (QED) is 0.781. The molecule has 5 nitrogen and oxygen atoms in total. The molecule has 0 saturated heterocycles. The predicted molar refractivity (Wildman–Crippen MR) is 95.9 cm³/mol. The van der Waals surface area contributed by atoms with E-state index in [0.717, 1.165) is 46.8 Å². The van der Waals surface area contributed by atoms with Gasteiger partial charge in [0.15, 0.2) is 0 Å². The van der Waals surface area contributed by atoms with E-state index in [2.05, 4.69) is 52.2 Å². The molecule has 0 fully saturated rings. The molecule has 3 aromatic rings. The Morgan fingerprint density at radius 2 is 1.83 bits per heavy atom. The number of pyridine rings is 1. The fourth-order valence-electron chi connectivity index (χ4n) is 2.63. The van der Waals surface area contributed by atoms with E-state index in [0.29, 0.717) is 0 Å². The summed E-state index contributed by atoms with van der Waals surface area (Å²) in [4.78, 5) is 15.7. The minimum absolute atomic E-state index is 0.859. The number of hydrogen-bond donors (Lipinski definition) is 1. The molecule has 0 atom stereocenters. The van der Waals surface area contributed by atoms with E-state index in [-0.39, 0.29) is 0 Å². The zero-order chi connectivity index (χ0) is 16.2. The Kier molecular flexibility index (Phi) is 4.37. The summed E-state index contributed by atoms with van der Waals surface area (Å²) in [5.41, 5.74) is 1.95. The molecule has 118 valence electrons. The van der Waals surface area contributed by atoms with Crippen LogP contribution in [0.25, 0.3) is 22.0 Å². The molecule has 2 heterocycles. The van der Waals surface area contributed by atoms with Gasteiger partial charge in [-0.3, -0.25) is 4.98 Å². The van der Waals surface area contributed by atoms with Crippen LogP contribution in [0, 0.1) is 0 Å². The van der Waals surface area contributed by atoms with Crippen molar-refractivity contribution in [3.63, 3.8) is 0 Å². The number of anilines is 2. The van der Waals surface area contributed by atoms with E-state index in [1.807, 2.05) is 31.7 Å². The van der Waals surface area contributed by atoms with Crippen LogP contribution in [0.4, 0.5) is 11.6 Å². The summed E-state index contributed by atoms with van der Waals surface area (Å²) in [5.74, 6) is 1.77. The molecule has 0 radical (unpaired) electrons. The van der Waals surface area contributed by atoms with Gasteiger partial charge in [0.2, 0.25) is 0 Å². The van der Waals surface area contributed by atoms with Gasteiger partial charge in [-0.15, -0.1) is 0 Å². The highest BCUT2D eigenvalue weighted by Gasteiger charge is 2.08. The molecule has 3 rings (SSSR count). The highest BCUT2D eigenvalue weighted by atomic mass is 15.2. The molecule has 23 heavy (non-hydrogen) atoms. The van der Waals surface area contributed by atoms with Crippen LogP contribution in [0.1, 0.15) is 13.8 Å². The molecule has 0 saturated carbocycles. The van der Waals surface area contributed by atoms with Crippen molar-refractivity contribution in [1.29, 1.82) is 0 Å². The molecule has 2 aromatic heterocycles. The Morgan fingerprint density at radius 1 is 1.00 bits per heavy atom. The number of fused-ring (bicyclic) bond motifs is 1. The zero-order valence-corrected chi connectivity index (χ0v) is 13.7. The fraction of sp³-hybridized carbons (Fsp3) is 0.278. The Balaban J connectivity index is 2.04. The maximum atomic E-state index is 4.77. The summed E-state index contributed by atoms with van der Waals surface area (Å²) in [6.07, 6.45) is 5.51. The maximum absolute atomic E-state index is 4.77. The number of aromatic nitrogens is 3. The van der Waals surface area contributed by atoms with Crippen molar-refractivity contribution in [2.75, 3.05) is 30.4 Å². The smallest absolute Gasteiger partial charge is 0.147 e. The van der Waals surface area contributed by atoms with Gasteiger partial charge in [0, 0.05) is 37.3 Å². The van der Waals surface area contributed by atoms with Crippen molar-refractivity contribution in [3.05, 3.63) is 42.9 Å². The van der Waals surface area contributed by atoms with Crippen LogP contribution in [-0.4, -0.2) is 35.1 Å². The molecule has 0 aliphatic heterocycles. The van der Waals surface area contributed by atoms with Gasteiger partial charge in [-0.25, -0.2) is 9.97 Å². The van der Waals surface area contributed by atoms with E-state index in [9.17, 15) is 0 Å². The van der Waals surface area contributed by atoms with Crippen molar-refractivity contribution >= 4 is 22.4 Å². The standard InChI is InChI=1S/C18H21N5/c1-4-23(5-2)18-12-20-11-16(22-18)13-6-7-14-10-21-17(19-3)9-15(14)8-13/h6-12H,4-5H2,1-3H3,(H,19,21). The lowest BCUT2D eigenvalue weighted by Crippen LogP contribution is -2.23. The molecule has 1 aromatic carbocycles. The van der Waals surface area contributed by atoms with Gasteiger partial charge in [-0.1, -0.05) is 12.1 Å². The fourth-order valence-corrected chi connectivity index (χ4v) is 2.63. The highest BCUT2D eigenvalue weighted by molar-refractivity contribution is 5.88. The first kappa shape index (κ1) is 15.2. The van der Waals surface area contributed by atoms with E-state index >= 15 is 0 Å². The zero-order valence-electron chi connectivity index (χ0n) is 13.7. The Hall–Kier alpha value is -2.69. The number of rotatable bonds is 5. The first-order chi connectivity index (χ1) is 11.2. The molecule has 0 unspecified atom stereocenters. The van der Waals surface area contributed by atoms with Crippen molar-refractivity contribution < 1.29 is 0 Å². The van der Waals surface area contributed by atoms with Crippen LogP contribution < -0.4 is 10.2 Å². The van der Waals surface area contributed by atoms with Crippen LogP contribution >= 0.6 is 0 Å².